The van der Waals surface area contributed by atoms with E-state index in [0.717, 1.165) is 46.6 Å². The molecule has 1 amide bonds. The van der Waals surface area contributed by atoms with Gasteiger partial charge in [-0.05, 0) is 42.2 Å². The lowest BCUT2D eigenvalue weighted by atomic mass is 9.93. The Labute approximate surface area is 195 Å². The summed E-state index contributed by atoms with van der Waals surface area (Å²) >= 11 is 0. The van der Waals surface area contributed by atoms with Gasteiger partial charge in [-0.3, -0.25) is 4.79 Å². The van der Waals surface area contributed by atoms with Gasteiger partial charge in [0.2, 0.25) is 0 Å². The predicted octanol–water partition coefficient (Wildman–Crippen LogP) is 6.45. The summed E-state index contributed by atoms with van der Waals surface area (Å²) < 4.78 is 7.80. The van der Waals surface area contributed by atoms with Crippen LogP contribution in [0.1, 0.15) is 47.8 Å². The van der Waals surface area contributed by atoms with Crippen molar-refractivity contribution in [1.82, 2.24) is 9.47 Å². The molecule has 0 N–H and O–H groups in total. The number of amides is 1. The normalized spacial score (nSPS) is 15.5. The number of fused-ring (bicyclic) bond motifs is 2. The Kier molecular flexibility index (Phi) is 5.45. The minimum Gasteiger partial charge on any atom is -0.497 e. The summed E-state index contributed by atoms with van der Waals surface area (Å²) in [4.78, 5) is 15.7. The van der Waals surface area contributed by atoms with Gasteiger partial charge < -0.3 is 14.2 Å². The van der Waals surface area contributed by atoms with Crippen LogP contribution in [0.2, 0.25) is 0 Å². The largest absolute Gasteiger partial charge is 0.497 e. The van der Waals surface area contributed by atoms with Crippen LogP contribution in [-0.4, -0.2) is 29.0 Å². The third-order valence-electron chi connectivity index (χ3n) is 6.77. The first-order chi connectivity index (χ1) is 16.0. The number of aryl methyl sites for hydroxylation is 1. The van der Waals surface area contributed by atoms with E-state index < -0.39 is 0 Å². The summed E-state index contributed by atoms with van der Waals surface area (Å²) in [5.41, 5.74) is 6.46. The van der Waals surface area contributed by atoms with Crippen LogP contribution in [0.5, 0.6) is 5.75 Å². The van der Waals surface area contributed by atoms with Crippen LogP contribution >= 0.6 is 0 Å². The van der Waals surface area contributed by atoms with Gasteiger partial charge in [0.1, 0.15) is 5.75 Å². The summed E-state index contributed by atoms with van der Waals surface area (Å²) in [6.45, 7) is 5.15. The maximum absolute atomic E-state index is 13.6. The number of para-hydroxylation sites is 1. The number of nitrogens with zero attached hydrogens (tertiary/aromatic N) is 2. The Morgan fingerprint density at radius 2 is 1.73 bits per heavy atom. The standard InChI is InChI=1S/C29H30N2O2/c1-19(2)16-17-31-28(22-12-5-6-13-23(22)29(31)32)26-24-14-7-8-15-25(24)30(3)27(26)20-10-9-11-21(18-20)33-4/h5-15,18-19,28H,16-17H2,1-4H3/t28-/m0/s1. The van der Waals surface area contributed by atoms with Gasteiger partial charge in [-0.15, -0.1) is 0 Å². The van der Waals surface area contributed by atoms with Crippen molar-refractivity contribution in [1.29, 1.82) is 0 Å². The second kappa shape index (κ2) is 8.43. The van der Waals surface area contributed by atoms with Crippen molar-refractivity contribution in [3.05, 3.63) is 89.5 Å². The molecule has 0 fully saturated rings. The lowest BCUT2D eigenvalue weighted by Gasteiger charge is -2.27. The number of hydrogen-bond donors (Lipinski definition) is 0. The van der Waals surface area contributed by atoms with Crippen LogP contribution in [0.25, 0.3) is 22.2 Å². The number of methoxy groups -OCH3 is 1. The Balaban J connectivity index is 1.80. The molecular formula is C29H30N2O2. The molecule has 1 aliphatic rings. The highest BCUT2D eigenvalue weighted by Gasteiger charge is 2.40. The highest BCUT2D eigenvalue weighted by molar-refractivity contribution is 6.02. The number of carbonyl (C=O) groups excluding carboxylic acids is 1. The van der Waals surface area contributed by atoms with Crippen molar-refractivity contribution in [2.24, 2.45) is 13.0 Å². The number of rotatable bonds is 6. The van der Waals surface area contributed by atoms with Gasteiger partial charge in [0.05, 0.1) is 18.8 Å². The first kappa shape index (κ1) is 21.3. The van der Waals surface area contributed by atoms with Crippen molar-refractivity contribution in [3.8, 4) is 17.0 Å². The molecule has 168 valence electrons. The highest BCUT2D eigenvalue weighted by Crippen LogP contribution is 2.46. The van der Waals surface area contributed by atoms with Crippen LogP contribution in [0.4, 0.5) is 0 Å². The maximum Gasteiger partial charge on any atom is 0.255 e. The molecule has 0 radical (unpaired) electrons. The molecule has 0 aliphatic carbocycles. The molecule has 0 bridgehead atoms. The molecular weight excluding hydrogens is 408 g/mol. The van der Waals surface area contributed by atoms with E-state index in [2.05, 4.69) is 72.8 Å². The summed E-state index contributed by atoms with van der Waals surface area (Å²) in [5.74, 6) is 1.47. The van der Waals surface area contributed by atoms with Crippen LogP contribution < -0.4 is 4.74 Å². The smallest absolute Gasteiger partial charge is 0.255 e. The average Bonchev–Trinajstić information content (AvgIpc) is 3.28. The van der Waals surface area contributed by atoms with Gasteiger partial charge in [0, 0.05) is 41.2 Å². The molecule has 5 rings (SSSR count). The number of carbonyl (C=O) groups is 1. The lowest BCUT2D eigenvalue weighted by molar-refractivity contribution is 0.0742. The van der Waals surface area contributed by atoms with E-state index >= 15 is 0 Å². The number of benzene rings is 3. The fraction of sp³-hybridized carbons (Fsp3) is 0.276. The molecule has 4 heteroatoms. The van der Waals surface area contributed by atoms with Crippen molar-refractivity contribution in [2.45, 2.75) is 26.3 Å². The van der Waals surface area contributed by atoms with Crippen LogP contribution in [0, 0.1) is 5.92 Å². The molecule has 0 saturated heterocycles. The zero-order valence-electron chi connectivity index (χ0n) is 19.7. The van der Waals surface area contributed by atoms with Gasteiger partial charge in [-0.25, -0.2) is 0 Å². The SMILES string of the molecule is COc1cccc(-c2c([C@@H]3c4ccccc4C(=O)N3CCC(C)C)c3ccccc3n2C)c1. The van der Waals surface area contributed by atoms with Gasteiger partial charge in [0.15, 0.2) is 0 Å². The molecule has 3 aromatic carbocycles. The summed E-state index contributed by atoms with van der Waals surface area (Å²) in [5, 5.41) is 1.18. The van der Waals surface area contributed by atoms with E-state index in [1.807, 2.05) is 30.3 Å². The van der Waals surface area contributed by atoms with Gasteiger partial charge in [-0.2, -0.15) is 0 Å². The summed E-state index contributed by atoms with van der Waals surface area (Å²) in [7, 11) is 3.81. The summed E-state index contributed by atoms with van der Waals surface area (Å²) in [6.07, 6.45) is 0.968. The van der Waals surface area contributed by atoms with Crippen LogP contribution in [-0.2, 0) is 7.05 Å². The van der Waals surface area contributed by atoms with E-state index in [4.69, 9.17) is 4.74 Å². The predicted molar refractivity (Wildman–Crippen MR) is 134 cm³/mol. The van der Waals surface area contributed by atoms with Gasteiger partial charge in [-0.1, -0.05) is 62.4 Å². The monoisotopic (exact) mass is 438 g/mol. The topological polar surface area (TPSA) is 34.5 Å². The molecule has 2 heterocycles. The van der Waals surface area contributed by atoms with E-state index in [1.54, 1.807) is 7.11 Å². The van der Waals surface area contributed by atoms with Gasteiger partial charge in [0.25, 0.3) is 5.91 Å². The van der Waals surface area contributed by atoms with Crippen LogP contribution in [0.3, 0.4) is 0 Å². The van der Waals surface area contributed by atoms with E-state index in [1.165, 1.54) is 10.9 Å². The molecule has 1 atom stereocenters. The first-order valence-electron chi connectivity index (χ1n) is 11.6. The molecule has 1 aliphatic heterocycles. The van der Waals surface area contributed by atoms with E-state index in [9.17, 15) is 4.79 Å². The molecule has 0 unspecified atom stereocenters. The Hall–Kier alpha value is -3.53. The quantitative estimate of drug-likeness (QED) is 0.347. The highest BCUT2D eigenvalue weighted by atomic mass is 16.5. The zero-order chi connectivity index (χ0) is 23.1. The third-order valence-corrected chi connectivity index (χ3v) is 6.77. The first-order valence-corrected chi connectivity index (χ1v) is 11.6. The number of aromatic nitrogens is 1. The second-order valence-electron chi connectivity index (χ2n) is 9.24. The second-order valence-corrected chi connectivity index (χ2v) is 9.24. The van der Waals surface area contributed by atoms with Crippen molar-refractivity contribution < 1.29 is 9.53 Å². The van der Waals surface area contributed by atoms with Crippen molar-refractivity contribution >= 4 is 16.8 Å². The lowest BCUT2D eigenvalue weighted by Crippen LogP contribution is -2.30. The van der Waals surface area contributed by atoms with Crippen molar-refractivity contribution in [3.63, 3.8) is 0 Å². The maximum atomic E-state index is 13.6. The molecule has 4 aromatic rings. The molecule has 0 spiro atoms. The fourth-order valence-corrected chi connectivity index (χ4v) is 5.13. The average molecular weight is 439 g/mol. The van der Waals surface area contributed by atoms with E-state index in [0.29, 0.717) is 5.92 Å². The number of ether oxygens (including phenoxy) is 1. The molecule has 0 saturated carbocycles. The Morgan fingerprint density at radius 1 is 0.970 bits per heavy atom. The van der Waals surface area contributed by atoms with E-state index in [-0.39, 0.29) is 11.9 Å². The zero-order valence-corrected chi connectivity index (χ0v) is 19.7. The minimum absolute atomic E-state index is 0.125. The van der Waals surface area contributed by atoms with Crippen molar-refractivity contribution in [2.75, 3.05) is 13.7 Å². The molecule has 33 heavy (non-hydrogen) atoms. The summed E-state index contributed by atoms with van der Waals surface area (Å²) in [6, 6.07) is 24.7. The molecule has 4 nitrogen and oxygen atoms in total. The Morgan fingerprint density at radius 3 is 2.52 bits per heavy atom. The number of hydrogen-bond acceptors (Lipinski definition) is 2. The van der Waals surface area contributed by atoms with Gasteiger partial charge >= 0.3 is 0 Å². The Bertz CT molecular complexity index is 1330. The van der Waals surface area contributed by atoms with Crippen LogP contribution in [0.15, 0.2) is 72.8 Å². The fourth-order valence-electron chi connectivity index (χ4n) is 5.13. The molecule has 1 aromatic heterocycles. The minimum atomic E-state index is -0.125. The third kappa shape index (κ3) is 3.50.